The number of rotatable bonds is 5. The summed E-state index contributed by atoms with van der Waals surface area (Å²) in [6.45, 7) is 6.05. The summed E-state index contributed by atoms with van der Waals surface area (Å²) in [5, 5.41) is 2.92. The molecule has 0 fully saturated rings. The third-order valence-corrected chi connectivity index (χ3v) is 5.57. The molecule has 1 aromatic heterocycles. The van der Waals surface area contributed by atoms with Gasteiger partial charge in [-0.05, 0) is 32.4 Å². The van der Waals surface area contributed by atoms with E-state index in [9.17, 15) is 8.42 Å². The smallest absolute Gasteiger partial charge is 0.240 e. The number of aryl methyl sites for hydroxylation is 3. The number of nitrogens with zero attached hydrogens (tertiary/aromatic N) is 1. The van der Waals surface area contributed by atoms with Gasteiger partial charge in [0.05, 0.1) is 9.90 Å². The van der Waals surface area contributed by atoms with Gasteiger partial charge in [0.25, 0.3) is 0 Å². The van der Waals surface area contributed by atoms with Crippen LogP contribution in [0.3, 0.4) is 0 Å². The number of thiazole rings is 1. The molecule has 0 saturated carbocycles. The summed E-state index contributed by atoms with van der Waals surface area (Å²) in [4.78, 5) is 4.66. The first-order valence-electron chi connectivity index (χ1n) is 6.36. The molecule has 0 radical (unpaired) electrons. The van der Waals surface area contributed by atoms with Crippen LogP contribution in [0.5, 0.6) is 0 Å². The molecule has 2 rings (SSSR count). The quantitative estimate of drug-likeness (QED) is 0.923. The highest BCUT2D eigenvalue weighted by atomic mass is 32.2. The summed E-state index contributed by atoms with van der Waals surface area (Å²) in [6, 6.07) is 5.34. The SMILES string of the molecule is Cc1ccc(S(=O)(=O)NCCc2nc(C)cs2)c(C)c1. The number of hydrogen-bond donors (Lipinski definition) is 1. The van der Waals surface area contributed by atoms with E-state index in [0.29, 0.717) is 17.9 Å². The second-order valence-corrected chi connectivity index (χ2v) is 7.48. The van der Waals surface area contributed by atoms with E-state index >= 15 is 0 Å². The van der Waals surface area contributed by atoms with Gasteiger partial charge < -0.3 is 0 Å². The van der Waals surface area contributed by atoms with Crippen LogP contribution >= 0.6 is 11.3 Å². The lowest BCUT2D eigenvalue weighted by Crippen LogP contribution is -2.26. The average molecular weight is 310 g/mol. The first kappa shape index (κ1) is 15.2. The van der Waals surface area contributed by atoms with Crippen molar-refractivity contribution in [2.75, 3.05) is 6.54 Å². The van der Waals surface area contributed by atoms with Crippen LogP contribution in [0, 0.1) is 20.8 Å². The van der Waals surface area contributed by atoms with Gasteiger partial charge in [-0.3, -0.25) is 0 Å². The molecule has 2 aromatic rings. The van der Waals surface area contributed by atoms with Crippen LogP contribution in [-0.4, -0.2) is 19.9 Å². The fraction of sp³-hybridized carbons (Fsp3) is 0.357. The largest absolute Gasteiger partial charge is 0.247 e. The predicted octanol–water partition coefficient (Wildman–Crippen LogP) is 2.59. The highest BCUT2D eigenvalue weighted by molar-refractivity contribution is 7.89. The Bertz CT molecular complexity index is 706. The molecule has 4 nitrogen and oxygen atoms in total. The molecule has 0 bridgehead atoms. The van der Waals surface area contributed by atoms with Crippen molar-refractivity contribution < 1.29 is 8.42 Å². The third kappa shape index (κ3) is 3.65. The predicted molar refractivity (Wildman–Crippen MR) is 81.7 cm³/mol. The Morgan fingerprint density at radius 3 is 2.60 bits per heavy atom. The molecular formula is C14H18N2O2S2. The Labute approximate surface area is 123 Å². The molecule has 0 atom stereocenters. The van der Waals surface area contributed by atoms with Crippen molar-refractivity contribution in [2.45, 2.75) is 32.1 Å². The van der Waals surface area contributed by atoms with E-state index in [0.717, 1.165) is 21.8 Å². The van der Waals surface area contributed by atoms with Crippen LogP contribution in [0.1, 0.15) is 21.8 Å². The molecule has 0 aliphatic heterocycles. The van der Waals surface area contributed by atoms with Gasteiger partial charge in [0.15, 0.2) is 0 Å². The van der Waals surface area contributed by atoms with Gasteiger partial charge in [-0.25, -0.2) is 18.1 Å². The van der Waals surface area contributed by atoms with Crippen molar-refractivity contribution in [3.8, 4) is 0 Å². The molecule has 1 aromatic carbocycles. The molecule has 0 saturated heterocycles. The zero-order valence-corrected chi connectivity index (χ0v) is 13.4. The second-order valence-electron chi connectivity index (χ2n) is 4.80. The summed E-state index contributed by atoms with van der Waals surface area (Å²) < 4.78 is 27.1. The monoisotopic (exact) mass is 310 g/mol. The molecule has 1 heterocycles. The summed E-state index contributed by atoms with van der Waals surface area (Å²) in [5.41, 5.74) is 2.80. The van der Waals surface area contributed by atoms with E-state index in [1.807, 2.05) is 38.3 Å². The van der Waals surface area contributed by atoms with Gasteiger partial charge in [-0.1, -0.05) is 17.7 Å². The lowest BCUT2D eigenvalue weighted by Gasteiger charge is -2.09. The zero-order chi connectivity index (χ0) is 14.8. The number of benzene rings is 1. The van der Waals surface area contributed by atoms with Crippen molar-refractivity contribution in [1.29, 1.82) is 0 Å². The van der Waals surface area contributed by atoms with E-state index in [2.05, 4.69) is 9.71 Å². The second kappa shape index (κ2) is 6.03. The van der Waals surface area contributed by atoms with Crippen LogP contribution in [0.15, 0.2) is 28.5 Å². The molecular weight excluding hydrogens is 292 g/mol. The summed E-state index contributed by atoms with van der Waals surface area (Å²) in [6.07, 6.45) is 0.614. The van der Waals surface area contributed by atoms with Crippen molar-refractivity contribution in [1.82, 2.24) is 9.71 Å². The minimum atomic E-state index is -3.44. The van der Waals surface area contributed by atoms with E-state index in [4.69, 9.17) is 0 Å². The highest BCUT2D eigenvalue weighted by Crippen LogP contribution is 2.16. The Kier molecular flexibility index (Phi) is 4.57. The van der Waals surface area contributed by atoms with Crippen LogP contribution in [-0.2, 0) is 16.4 Å². The number of hydrogen-bond acceptors (Lipinski definition) is 4. The lowest BCUT2D eigenvalue weighted by atomic mass is 10.2. The maximum Gasteiger partial charge on any atom is 0.240 e. The number of sulfonamides is 1. The summed E-state index contributed by atoms with van der Waals surface area (Å²) >= 11 is 1.56. The van der Waals surface area contributed by atoms with E-state index in [1.54, 1.807) is 17.4 Å². The van der Waals surface area contributed by atoms with Gasteiger partial charge in [0.1, 0.15) is 0 Å². The number of aromatic nitrogens is 1. The van der Waals surface area contributed by atoms with Crippen molar-refractivity contribution in [3.05, 3.63) is 45.4 Å². The summed E-state index contributed by atoms with van der Waals surface area (Å²) in [5.74, 6) is 0. The zero-order valence-electron chi connectivity index (χ0n) is 11.8. The van der Waals surface area contributed by atoms with Crippen LogP contribution in [0.25, 0.3) is 0 Å². The fourth-order valence-corrected chi connectivity index (χ4v) is 4.02. The molecule has 0 amide bonds. The van der Waals surface area contributed by atoms with E-state index < -0.39 is 10.0 Å². The average Bonchev–Trinajstić information content (AvgIpc) is 2.74. The van der Waals surface area contributed by atoms with Crippen LogP contribution < -0.4 is 4.72 Å². The van der Waals surface area contributed by atoms with Crippen molar-refractivity contribution in [2.24, 2.45) is 0 Å². The van der Waals surface area contributed by atoms with Gasteiger partial charge in [0, 0.05) is 24.0 Å². The first-order chi connectivity index (χ1) is 9.38. The Morgan fingerprint density at radius 1 is 1.25 bits per heavy atom. The van der Waals surface area contributed by atoms with Crippen molar-refractivity contribution in [3.63, 3.8) is 0 Å². The standard InChI is InChI=1S/C14H18N2O2S2/c1-10-4-5-13(11(2)8-10)20(17,18)15-7-6-14-16-12(3)9-19-14/h4-5,8-9,15H,6-7H2,1-3H3. The topological polar surface area (TPSA) is 59.1 Å². The van der Waals surface area contributed by atoms with E-state index in [-0.39, 0.29) is 0 Å². The van der Waals surface area contributed by atoms with Gasteiger partial charge >= 0.3 is 0 Å². The maximum atomic E-state index is 12.2. The molecule has 0 aliphatic rings. The summed E-state index contributed by atoms with van der Waals surface area (Å²) in [7, 11) is -3.44. The molecule has 1 N–H and O–H groups in total. The molecule has 108 valence electrons. The molecule has 0 spiro atoms. The highest BCUT2D eigenvalue weighted by Gasteiger charge is 2.16. The van der Waals surface area contributed by atoms with Gasteiger partial charge in [-0.2, -0.15) is 0 Å². The van der Waals surface area contributed by atoms with Gasteiger partial charge in [-0.15, -0.1) is 11.3 Å². The minimum absolute atomic E-state index is 0.346. The minimum Gasteiger partial charge on any atom is -0.247 e. The lowest BCUT2D eigenvalue weighted by molar-refractivity contribution is 0.581. The molecule has 0 unspecified atom stereocenters. The van der Waals surface area contributed by atoms with Crippen molar-refractivity contribution >= 4 is 21.4 Å². The van der Waals surface area contributed by atoms with Crippen LogP contribution in [0.2, 0.25) is 0 Å². The normalized spacial score (nSPS) is 11.8. The third-order valence-electron chi connectivity index (χ3n) is 2.92. The Balaban J connectivity index is 2.04. The van der Waals surface area contributed by atoms with Gasteiger partial charge in [0.2, 0.25) is 10.0 Å². The first-order valence-corrected chi connectivity index (χ1v) is 8.73. The fourth-order valence-electron chi connectivity index (χ4n) is 1.99. The van der Waals surface area contributed by atoms with E-state index in [1.165, 1.54) is 0 Å². The number of nitrogens with one attached hydrogen (secondary N) is 1. The molecule has 0 aliphatic carbocycles. The van der Waals surface area contributed by atoms with Crippen LogP contribution in [0.4, 0.5) is 0 Å². The maximum absolute atomic E-state index is 12.2. The Morgan fingerprint density at radius 2 is 2.00 bits per heavy atom. The molecule has 20 heavy (non-hydrogen) atoms. The molecule has 6 heteroatoms. The Hall–Kier alpha value is -1.24.